The normalized spacial score (nSPS) is 13.5. The van der Waals surface area contributed by atoms with Crippen LogP contribution < -0.4 is 5.32 Å². The Labute approximate surface area is 162 Å². The number of amides is 1. The SMILES string of the molecule is CCc1cccc2c(C(CC(=O)NC(C)CC)c3cccc(C)c3)c[nH]c12. The van der Waals surface area contributed by atoms with Crippen LogP contribution >= 0.6 is 0 Å². The van der Waals surface area contributed by atoms with Gasteiger partial charge in [-0.1, -0.05) is 61.9 Å². The fourth-order valence-corrected chi connectivity index (χ4v) is 3.74. The van der Waals surface area contributed by atoms with Crippen LogP contribution in [0.15, 0.2) is 48.7 Å². The first-order valence-electron chi connectivity index (χ1n) is 9.98. The van der Waals surface area contributed by atoms with E-state index in [0.717, 1.165) is 12.8 Å². The molecule has 0 fully saturated rings. The molecule has 2 N–H and O–H groups in total. The smallest absolute Gasteiger partial charge is 0.221 e. The van der Waals surface area contributed by atoms with E-state index in [9.17, 15) is 4.79 Å². The van der Waals surface area contributed by atoms with Crippen LogP contribution in [0.5, 0.6) is 0 Å². The van der Waals surface area contributed by atoms with E-state index in [-0.39, 0.29) is 17.9 Å². The first-order valence-corrected chi connectivity index (χ1v) is 9.98. The molecule has 2 aromatic carbocycles. The van der Waals surface area contributed by atoms with E-state index in [2.05, 4.69) is 86.7 Å². The van der Waals surface area contributed by atoms with Crippen molar-refractivity contribution in [3.05, 3.63) is 70.9 Å². The Morgan fingerprint density at radius 1 is 1.15 bits per heavy atom. The molecule has 0 aliphatic rings. The van der Waals surface area contributed by atoms with Crippen LogP contribution in [-0.2, 0) is 11.2 Å². The van der Waals surface area contributed by atoms with E-state index >= 15 is 0 Å². The Kier molecular flexibility index (Phi) is 6.00. The molecule has 0 aliphatic carbocycles. The van der Waals surface area contributed by atoms with Gasteiger partial charge in [-0.2, -0.15) is 0 Å². The van der Waals surface area contributed by atoms with E-state index in [0.29, 0.717) is 6.42 Å². The van der Waals surface area contributed by atoms with Crippen molar-refractivity contribution in [3.63, 3.8) is 0 Å². The Morgan fingerprint density at radius 3 is 2.63 bits per heavy atom. The van der Waals surface area contributed by atoms with Gasteiger partial charge in [0.2, 0.25) is 5.91 Å². The Hall–Kier alpha value is -2.55. The van der Waals surface area contributed by atoms with Crippen LogP contribution in [0.4, 0.5) is 0 Å². The number of aromatic amines is 1. The molecule has 0 saturated heterocycles. The highest BCUT2D eigenvalue weighted by atomic mass is 16.1. The molecule has 3 rings (SSSR count). The quantitative estimate of drug-likeness (QED) is 0.575. The van der Waals surface area contributed by atoms with E-state index < -0.39 is 0 Å². The fraction of sp³-hybridized carbons (Fsp3) is 0.375. The molecule has 142 valence electrons. The highest BCUT2D eigenvalue weighted by molar-refractivity contribution is 5.88. The maximum atomic E-state index is 12.7. The number of H-pyrrole nitrogens is 1. The number of hydrogen-bond acceptors (Lipinski definition) is 1. The molecular weight excluding hydrogens is 332 g/mol. The zero-order valence-corrected chi connectivity index (χ0v) is 16.8. The number of rotatable bonds is 7. The summed E-state index contributed by atoms with van der Waals surface area (Å²) >= 11 is 0. The minimum Gasteiger partial charge on any atom is -0.361 e. The number of para-hydroxylation sites is 1. The molecule has 1 amide bonds. The van der Waals surface area contributed by atoms with Gasteiger partial charge in [-0.15, -0.1) is 0 Å². The van der Waals surface area contributed by atoms with Crippen molar-refractivity contribution in [1.82, 2.24) is 10.3 Å². The number of nitrogens with one attached hydrogen (secondary N) is 2. The lowest BCUT2D eigenvalue weighted by atomic mass is 9.87. The van der Waals surface area contributed by atoms with Gasteiger partial charge in [0.1, 0.15) is 0 Å². The number of carbonyl (C=O) groups excluding carboxylic acids is 1. The fourth-order valence-electron chi connectivity index (χ4n) is 3.74. The molecule has 2 atom stereocenters. The van der Waals surface area contributed by atoms with Crippen LogP contribution in [0.3, 0.4) is 0 Å². The van der Waals surface area contributed by atoms with E-state index in [4.69, 9.17) is 0 Å². The average Bonchev–Trinajstić information content (AvgIpc) is 3.09. The van der Waals surface area contributed by atoms with E-state index in [1.807, 2.05) is 0 Å². The minimum absolute atomic E-state index is 0.0369. The highest BCUT2D eigenvalue weighted by Crippen LogP contribution is 2.35. The number of aryl methyl sites for hydroxylation is 2. The summed E-state index contributed by atoms with van der Waals surface area (Å²) in [5.74, 6) is 0.145. The lowest BCUT2D eigenvalue weighted by molar-refractivity contribution is -0.121. The summed E-state index contributed by atoms with van der Waals surface area (Å²) in [6.07, 6.45) is 4.47. The average molecular weight is 363 g/mol. The van der Waals surface area contributed by atoms with Gasteiger partial charge in [0, 0.05) is 35.5 Å². The number of fused-ring (bicyclic) bond motifs is 1. The molecule has 0 bridgehead atoms. The Balaban J connectivity index is 2.03. The predicted octanol–water partition coefficient (Wildman–Crippen LogP) is 5.48. The Bertz CT molecular complexity index is 925. The zero-order valence-electron chi connectivity index (χ0n) is 16.8. The van der Waals surface area contributed by atoms with Crippen molar-refractivity contribution >= 4 is 16.8 Å². The zero-order chi connectivity index (χ0) is 19.4. The summed E-state index contributed by atoms with van der Waals surface area (Å²) in [5.41, 5.74) is 6.11. The van der Waals surface area contributed by atoms with Gasteiger partial charge in [0.05, 0.1) is 0 Å². The van der Waals surface area contributed by atoms with E-state index in [1.54, 1.807) is 0 Å². The second-order valence-corrected chi connectivity index (χ2v) is 7.48. The third kappa shape index (κ3) is 4.24. The molecule has 0 spiro atoms. The predicted molar refractivity (Wildman–Crippen MR) is 113 cm³/mol. The first-order chi connectivity index (χ1) is 13.0. The van der Waals surface area contributed by atoms with Gasteiger partial charge in [-0.05, 0) is 43.4 Å². The van der Waals surface area contributed by atoms with Crippen molar-refractivity contribution in [2.45, 2.75) is 58.9 Å². The molecule has 3 heteroatoms. The van der Waals surface area contributed by atoms with Crippen LogP contribution in [0.2, 0.25) is 0 Å². The van der Waals surface area contributed by atoms with Crippen molar-refractivity contribution < 1.29 is 4.79 Å². The Morgan fingerprint density at radius 2 is 1.93 bits per heavy atom. The van der Waals surface area contributed by atoms with E-state index in [1.165, 1.54) is 33.2 Å². The third-order valence-corrected chi connectivity index (χ3v) is 5.44. The lowest BCUT2D eigenvalue weighted by Crippen LogP contribution is -2.33. The van der Waals surface area contributed by atoms with Gasteiger partial charge in [-0.25, -0.2) is 0 Å². The van der Waals surface area contributed by atoms with Crippen molar-refractivity contribution in [3.8, 4) is 0 Å². The van der Waals surface area contributed by atoms with Crippen molar-refractivity contribution in [2.75, 3.05) is 0 Å². The molecule has 0 saturated carbocycles. The molecular formula is C24H30N2O. The van der Waals surface area contributed by atoms with Crippen LogP contribution in [0.25, 0.3) is 10.9 Å². The largest absolute Gasteiger partial charge is 0.361 e. The van der Waals surface area contributed by atoms with Gasteiger partial charge >= 0.3 is 0 Å². The summed E-state index contributed by atoms with van der Waals surface area (Å²) < 4.78 is 0. The number of aromatic nitrogens is 1. The summed E-state index contributed by atoms with van der Waals surface area (Å²) in [7, 11) is 0. The molecule has 1 aromatic heterocycles. The topological polar surface area (TPSA) is 44.9 Å². The molecule has 1 heterocycles. The molecule has 0 aliphatic heterocycles. The number of carbonyl (C=O) groups is 1. The standard InChI is InChI=1S/C24H30N2O/c1-5-17(4)26-23(27)14-21(19-11-7-9-16(3)13-19)22-15-25-24-18(6-2)10-8-12-20(22)24/h7-13,15,17,21,25H,5-6,14H2,1-4H3,(H,26,27). The summed E-state index contributed by atoms with van der Waals surface area (Å²) in [6.45, 7) is 8.42. The number of hydrogen-bond donors (Lipinski definition) is 2. The lowest BCUT2D eigenvalue weighted by Gasteiger charge is -2.19. The van der Waals surface area contributed by atoms with Crippen LogP contribution in [-0.4, -0.2) is 16.9 Å². The van der Waals surface area contributed by atoms with Gasteiger partial charge in [0.25, 0.3) is 0 Å². The molecule has 3 aromatic rings. The highest BCUT2D eigenvalue weighted by Gasteiger charge is 2.22. The summed E-state index contributed by atoms with van der Waals surface area (Å²) in [5, 5.41) is 4.35. The van der Waals surface area contributed by atoms with Crippen molar-refractivity contribution in [2.24, 2.45) is 0 Å². The first kappa shape index (κ1) is 19.2. The third-order valence-electron chi connectivity index (χ3n) is 5.44. The maximum Gasteiger partial charge on any atom is 0.221 e. The van der Waals surface area contributed by atoms with Gasteiger partial charge < -0.3 is 10.3 Å². The van der Waals surface area contributed by atoms with Gasteiger partial charge in [0.15, 0.2) is 0 Å². The molecule has 3 nitrogen and oxygen atoms in total. The second kappa shape index (κ2) is 8.43. The van der Waals surface area contributed by atoms with Crippen molar-refractivity contribution in [1.29, 1.82) is 0 Å². The van der Waals surface area contributed by atoms with Crippen LogP contribution in [0, 0.1) is 6.92 Å². The minimum atomic E-state index is 0.0369. The number of benzene rings is 2. The van der Waals surface area contributed by atoms with Gasteiger partial charge in [-0.3, -0.25) is 4.79 Å². The molecule has 0 radical (unpaired) electrons. The second-order valence-electron chi connectivity index (χ2n) is 7.48. The molecule has 27 heavy (non-hydrogen) atoms. The summed E-state index contributed by atoms with van der Waals surface area (Å²) in [4.78, 5) is 16.2. The van der Waals surface area contributed by atoms with Crippen LogP contribution in [0.1, 0.15) is 61.8 Å². The monoisotopic (exact) mass is 362 g/mol. The maximum absolute atomic E-state index is 12.7. The molecule has 2 unspecified atom stereocenters. The summed E-state index contributed by atoms with van der Waals surface area (Å²) in [6, 6.07) is 15.2.